The molecule has 0 saturated carbocycles. The van der Waals surface area contributed by atoms with Crippen molar-refractivity contribution in [3.05, 3.63) is 119 Å². The third kappa shape index (κ3) is 6.37. The fourth-order valence-corrected chi connectivity index (χ4v) is 3.54. The Bertz CT molecular complexity index is 1060. The number of phenolic OH excluding ortho intramolecular Hbond substituents is 1. The summed E-state index contributed by atoms with van der Waals surface area (Å²) in [7, 11) is 0. The second kappa shape index (κ2) is 11.6. The quantitative estimate of drug-likeness (QED) is 0.434. The van der Waals surface area contributed by atoms with Crippen LogP contribution in [0.1, 0.15) is 30.1 Å². The third-order valence-electron chi connectivity index (χ3n) is 5.30. The molecule has 1 aliphatic heterocycles. The Labute approximate surface area is 190 Å². The van der Waals surface area contributed by atoms with Gasteiger partial charge in [0, 0.05) is 24.4 Å². The average Bonchev–Trinajstić information content (AvgIpc) is 3.09. The average molecular weight is 427 g/mol. The Morgan fingerprint density at radius 2 is 2.06 bits per heavy atom. The van der Waals surface area contributed by atoms with E-state index in [0.29, 0.717) is 25.2 Å². The van der Waals surface area contributed by atoms with Gasteiger partial charge in [-0.3, -0.25) is 4.79 Å². The van der Waals surface area contributed by atoms with Crippen LogP contribution in [0.15, 0.2) is 114 Å². The number of aromatic hydroxyl groups is 1. The summed E-state index contributed by atoms with van der Waals surface area (Å²) in [6.07, 6.45) is 19.7. The molecule has 4 heteroatoms. The van der Waals surface area contributed by atoms with Crippen LogP contribution >= 0.6 is 0 Å². The number of allylic oxidation sites excluding steroid dienone is 8. The summed E-state index contributed by atoms with van der Waals surface area (Å²) >= 11 is 0. The molecule has 0 fully saturated rings. The van der Waals surface area contributed by atoms with Gasteiger partial charge in [0.15, 0.2) is 0 Å². The van der Waals surface area contributed by atoms with Gasteiger partial charge in [0.2, 0.25) is 0 Å². The van der Waals surface area contributed by atoms with Gasteiger partial charge in [-0.05, 0) is 66.0 Å². The molecule has 0 spiro atoms. The maximum atomic E-state index is 13.0. The van der Waals surface area contributed by atoms with Gasteiger partial charge in [-0.15, -0.1) is 5.73 Å². The highest BCUT2D eigenvalue weighted by Gasteiger charge is 2.24. The molecule has 32 heavy (non-hydrogen) atoms. The number of rotatable bonds is 8. The van der Waals surface area contributed by atoms with Crippen molar-refractivity contribution in [1.29, 1.82) is 0 Å². The van der Waals surface area contributed by atoms with E-state index in [1.807, 2.05) is 47.4 Å². The lowest BCUT2D eigenvalue weighted by atomic mass is 9.96. The minimum atomic E-state index is -0.0465. The molecule has 1 amide bonds. The summed E-state index contributed by atoms with van der Waals surface area (Å²) in [5.41, 5.74) is 7.91. The van der Waals surface area contributed by atoms with Gasteiger partial charge in [-0.2, -0.15) is 0 Å². The maximum Gasteiger partial charge on any atom is 0.254 e. The summed E-state index contributed by atoms with van der Waals surface area (Å²) in [4.78, 5) is 14.9. The van der Waals surface area contributed by atoms with Crippen molar-refractivity contribution in [3.63, 3.8) is 0 Å². The van der Waals surface area contributed by atoms with E-state index in [0.717, 1.165) is 35.3 Å². The van der Waals surface area contributed by atoms with E-state index in [2.05, 4.69) is 36.7 Å². The van der Waals surface area contributed by atoms with Gasteiger partial charge >= 0.3 is 0 Å². The van der Waals surface area contributed by atoms with E-state index >= 15 is 0 Å². The summed E-state index contributed by atoms with van der Waals surface area (Å²) in [6.45, 7) is 8.11. The van der Waals surface area contributed by atoms with Gasteiger partial charge in [0.05, 0.1) is 6.54 Å². The van der Waals surface area contributed by atoms with Crippen LogP contribution in [0.3, 0.4) is 0 Å². The number of nitrogens with zero attached hydrogens (tertiary/aromatic N) is 1. The minimum absolute atomic E-state index is 0.0465. The Morgan fingerprint density at radius 3 is 2.84 bits per heavy atom. The third-order valence-corrected chi connectivity index (χ3v) is 5.30. The van der Waals surface area contributed by atoms with Gasteiger partial charge in [0.25, 0.3) is 5.91 Å². The van der Waals surface area contributed by atoms with Crippen LogP contribution in [-0.4, -0.2) is 35.5 Å². The van der Waals surface area contributed by atoms with Crippen LogP contribution in [-0.2, 0) is 0 Å². The predicted octanol–water partition coefficient (Wildman–Crippen LogP) is 5.37. The number of carbonyl (C=O) groups is 1. The van der Waals surface area contributed by atoms with Crippen LogP contribution < -0.4 is 5.32 Å². The van der Waals surface area contributed by atoms with Crippen LogP contribution in [0.4, 0.5) is 0 Å². The first-order chi connectivity index (χ1) is 15.6. The Morgan fingerprint density at radius 1 is 1.25 bits per heavy atom. The Balaban J connectivity index is 1.81. The molecule has 2 aliphatic rings. The van der Waals surface area contributed by atoms with Crippen molar-refractivity contribution in [3.8, 4) is 5.75 Å². The van der Waals surface area contributed by atoms with Crippen molar-refractivity contribution in [2.45, 2.75) is 19.8 Å². The zero-order chi connectivity index (χ0) is 22.8. The zero-order valence-corrected chi connectivity index (χ0v) is 18.6. The van der Waals surface area contributed by atoms with E-state index in [9.17, 15) is 9.90 Å². The largest absolute Gasteiger partial charge is 0.508 e. The van der Waals surface area contributed by atoms with Crippen molar-refractivity contribution in [2.75, 3.05) is 19.6 Å². The molecule has 4 nitrogen and oxygen atoms in total. The topological polar surface area (TPSA) is 52.6 Å². The van der Waals surface area contributed by atoms with Crippen LogP contribution in [0.25, 0.3) is 0 Å². The molecule has 0 bridgehead atoms. The lowest BCUT2D eigenvalue weighted by Gasteiger charge is -2.32. The predicted molar refractivity (Wildman–Crippen MR) is 131 cm³/mol. The molecule has 0 radical (unpaired) electrons. The standard InChI is InChI=1S/C28H30N2O2/c1-3-4-5-8-11-22(2)26-18-19-30(28(32)24-14-16-25(31)17-15-24)21-27(26)29-20-23-12-9-6-7-10-13-23/h4-9,11-17,29,31H,2-3,18-21H2,1H3/b5-4-,11-8-. The second-order valence-corrected chi connectivity index (χ2v) is 7.66. The summed E-state index contributed by atoms with van der Waals surface area (Å²) in [6, 6.07) is 6.40. The van der Waals surface area contributed by atoms with E-state index < -0.39 is 0 Å². The molecule has 0 atom stereocenters. The van der Waals surface area contributed by atoms with E-state index in [4.69, 9.17) is 0 Å². The highest BCUT2D eigenvalue weighted by Crippen LogP contribution is 2.25. The number of carbonyl (C=O) groups excluding carboxylic acids is 1. The van der Waals surface area contributed by atoms with Crippen LogP contribution in [0.5, 0.6) is 5.75 Å². The molecule has 0 unspecified atom stereocenters. The van der Waals surface area contributed by atoms with Crippen LogP contribution in [0.2, 0.25) is 0 Å². The number of hydrogen-bond donors (Lipinski definition) is 2. The van der Waals surface area contributed by atoms with Gasteiger partial charge in [-0.25, -0.2) is 0 Å². The summed E-state index contributed by atoms with van der Waals surface area (Å²) in [5.74, 6) is 0.104. The number of amides is 1. The van der Waals surface area contributed by atoms with E-state index in [1.54, 1.807) is 24.3 Å². The maximum absolute atomic E-state index is 13.0. The van der Waals surface area contributed by atoms with E-state index in [-0.39, 0.29) is 11.7 Å². The SMILES string of the molecule is C=C(/C=C\C=C/CC)C1=C(NCC2=CC=CC=C=C2)CN(C(=O)c2ccc(O)cc2)CC1. The molecule has 164 valence electrons. The minimum Gasteiger partial charge on any atom is -0.508 e. The van der Waals surface area contributed by atoms with Crippen molar-refractivity contribution < 1.29 is 9.90 Å². The highest BCUT2D eigenvalue weighted by atomic mass is 16.3. The molecule has 1 heterocycles. The monoisotopic (exact) mass is 426 g/mol. The van der Waals surface area contributed by atoms with Gasteiger partial charge in [0.1, 0.15) is 5.75 Å². The first-order valence-electron chi connectivity index (χ1n) is 10.9. The van der Waals surface area contributed by atoms with Gasteiger partial charge < -0.3 is 15.3 Å². The van der Waals surface area contributed by atoms with Crippen molar-refractivity contribution in [2.24, 2.45) is 0 Å². The molecule has 1 aromatic rings. The lowest BCUT2D eigenvalue weighted by Crippen LogP contribution is -2.41. The highest BCUT2D eigenvalue weighted by molar-refractivity contribution is 5.94. The molecule has 0 saturated heterocycles. The Hall–Kier alpha value is -3.75. The van der Waals surface area contributed by atoms with Gasteiger partial charge in [-0.1, -0.05) is 56.0 Å². The molecular formula is C28H30N2O2. The molecular weight excluding hydrogens is 396 g/mol. The summed E-state index contributed by atoms with van der Waals surface area (Å²) < 4.78 is 0. The molecule has 3 rings (SSSR count). The van der Waals surface area contributed by atoms with Crippen molar-refractivity contribution >= 4 is 5.91 Å². The number of hydrogen-bond acceptors (Lipinski definition) is 3. The molecule has 0 aromatic heterocycles. The number of benzene rings is 1. The second-order valence-electron chi connectivity index (χ2n) is 7.66. The molecule has 1 aliphatic carbocycles. The first-order valence-corrected chi connectivity index (χ1v) is 10.9. The molecule has 2 N–H and O–H groups in total. The first kappa shape index (κ1) is 22.9. The summed E-state index contributed by atoms with van der Waals surface area (Å²) in [5, 5.41) is 13.1. The Kier molecular flexibility index (Phi) is 8.30. The number of nitrogens with one attached hydrogen (secondary N) is 1. The molecule has 1 aromatic carbocycles. The zero-order valence-electron chi connectivity index (χ0n) is 18.6. The normalized spacial score (nSPS) is 16.0. The smallest absolute Gasteiger partial charge is 0.254 e. The fourth-order valence-electron chi connectivity index (χ4n) is 3.54. The fraction of sp³-hybridized carbons (Fsp3) is 0.214. The lowest BCUT2D eigenvalue weighted by molar-refractivity contribution is 0.0761. The van der Waals surface area contributed by atoms with Crippen LogP contribution in [0, 0.1) is 0 Å². The number of phenols is 1. The van der Waals surface area contributed by atoms with Crippen molar-refractivity contribution in [1.82, 2.24) is 10.2 Å². The van der Waals surface area contributed by atoms with E-state index in [1.165, 1.54) is 0 Å².